The Morgan fingerprint density at radius 1 is 1.73 bits per heavy atom. The predicted octanol–water partition coefficient (Wildman–Crippen LogP) is 1.94. The Hall–Kier alpha value is -0.690. The van der Waals surface area contributed by atoms with E-state index in [0.29, 0.717) is 6.42 Å². The van der Waals surface area contributed by atoms with Crippen LogP contribution < -0.4 is 5.32 Å². The van der Waals surface area contributed by atoms with E-state index < -0.39 is 5.41 Å². The minimum atomic E-state index is -0.859. The van der Waals surface area contributed by atoms with E-state index in [1.807, 2.05) is 18.7 Å². The van der Waals surface area contributed by atoms with Gasteiger partial charge in [0, 0.05) is 11.8 Å². The highest BCUT2D eigenvalue weighted by Crippen LogP contribution is 2.22. The lowest BCUT2D eigenvalue weighted by Gasteiger charge is -2.26. The molecule has 0 aromatic heterocycles. The number of nitriles is 1. The van der Waals surface area contributed by atoms with Crippen molar-refractivity contribution >= 4 is 17.7 Å². The molecule has 4 heteroatoms. The van der Waals surface area contributed by atoms with Crippen molar-refractivity contribution in [3.8, 4) is 6.07 Å². The Bertz CT molecular complexity index is 268. The molecular weight excluding hydrogens is 208 g/mol. The van der Waals surface area contributed by atoms with Crippen molar-refractivity contribution in [2.24, 2.45) is 5.41 Å². The third-order valence-electron chi connectivity index (χ3n) is 2.95. The fourth-order valence-electron chi connectivity index (χ4n) is 1.49. The van der Waals surface area contributed by atoms with Gasteiger partial charge in [0.25, 0.3) is 0 Å². The Kier molecular flexibility index (Phi) is 4.46. The van der Waals surface area contributed by atoms with Gasteiger partial charge in [0.05, 0.1) is 6.07 Å². The summed E-state index contributed by atoms with van der Waals surface area (Å²) in [5, 5.41) is 11.9. The molecular formula is C11H18N2OS. The van der Waals surface area contributed by atoms with Crippen molar-refractivity contribution in [1.29, 1.82) is 5.26 Å². The summed E-state index contributed by atoms with van der Waals surface area (Å²) in [4.78, 5) is 11.9. The summed E-state index contributed by atoms with van der Waals surface area (Å²) in [7, 11) is 0. The van der Waals surface area contributed by atoms with Crippen LogP contribution in [0.15, 0.2) is 0 Å². The summed E-state index contributed by atoms with van der Waals surface area (Å²) in [6, 6.07) is 2.36. The quantitative estimate of drug-likeness (QED) is 0.800. The molecule has 1 fully saturated rings. The van der Waals surface area contributed by atoms with Crippen LogP contribution in [0.25, 0.3) is 0 Å². The molecule has 1 N–H and O–H groups in total. The van der Waals surface area contributed by atoms with Crippen molar-refractivity contribution in [3.63, 3.8) is 0 Å². The Morgan fingerprint density at radius 2 is 2.47 bits per heavy atom. The average molecular weight is 226 g/mol. The number of hydrogen-bond acceptors (Lipinski definition) is 3. The van der Waals surface area contributed by atoms with E-state index in [1.54, 1.807) is 6.92 Å². The summed E-state index contributed by atoms with van der Waals surface area (Å²) < 4.78 is 0. The Balaban J connectivity index is 2.50. The van der Waals surface area contributed by atoms with Gasteiger partial charge in [-0.05, 0) is 31.9 Å². The number of carbonyl (C=O) groups is 1. The molecule has 2 atom stereocenters. The fourth-order valence-corrected chi connectivity index (χ4v) is 2.56. The number of rotatable bonds is 3. The molecule has 1 aliphatic heterocycles. The van der Waals surface area contributed by atoms with Gasteiger partial charge in [-0.2, -0.15) is 17.0 Å². The number of thioether (sulfide) groups is 1. The van der Waals surface area contributed by atoms with Gasteiger partial charge in [-0.3, -0.25) is 4.79 Å². The average Bonchev–Trinajstić information content (AvgIpc) is 2.29. The Morgan fingerprint density at radius 3 is 2.93 bits per heavy atom. The zero-order valence-electron chi connectivity index (χ0n) is 9.38. The van der Waals surface area contributed by atoms with Crippen molar-refractivity contribution in [2.75, 3.05) is 11.5 Å². The lowest BCUT2D eigenvalue weighted by molar-refractivity contribution is -0.128. The normalized spacial score (nSPS) is 25.0. The van der Waals surface area contributed by atoms with Crippen molar-refractivity contribution in [2.45, 2.75) is 39.2 Å². The molecule has 0 saturated carbocycles. The summed E-state index contributed by atoms with van der Waals surface area (Å²) in [5.41, 5.74) is -0.859. The van der Waals surface area contributed by atoms with Gasteiger partial charge in [0.1, 0.15) is 5.41 Å². The molecule has 1 heterocycles. The maximum Gasteiger partial charge on any atom is 0.240 e. The van der Waals surface area contributed by atoms with E-state index in [2.05, 4.69) is 11.4 Å². The summed E-state index contributed by atoms with van der Waals surface area (Å²) >= 11 is 1.87. The molecule has 1 rings (SSSR count). The van der Waals surface area contributed by atoms with E-state index in [9.17, 15) is 4.79 Å². The summed E-state index contributed by atoms with van der Waals surface area (Å²) in [6.45, 7) is 3.58. The van der Waals surface area contributed by atoms with Crippen LogP contribution in [0.4, 0.5) is 0 Å². The van der Waals surface area contributed by atoms with Gasteiger partial charge in [-0.1, -0.05) is 6.92 Å². The number of carbonyl (C=O) groups excluding carboxylic acids is 1. The van der Waals surface area contributed by atoms with Crippen molar-refractivity contribution in [3.05, 3.63) is 0 Å². The maximum atomic E-state index is 11.9. The third kappa shape index (κ3) is 3.13. The molecule has 0 bridgehead atoms. The minimum absolute atomic E-state index is 0.111. The van der Waals surface area contributed by atoms with E-state index in [0.717, 1.165) is 18.6 Å². The van der Waals surface area contributed by atoms with E-state index in [-0.39, 0.29) is 11.9 Å². The predicted molar refractivity (Wildman–Crippen MR) is 62.5 cm³/mol. The molecule has 2 unspecified atom stereocenters. The molecule has 84 valence electrons. The third-order valence-corrected chi connectivity index (χ3v) is 4.17. The second-order valence-electron chi connectivity index (χ2n) is 4.18. The van der Waals surface area contributed by atoms with Crippen LogP contribution in [-0.4, -0.2) is 23.5 Å². The number of amides is 1. The SMILES string of the molecule is CCC(C)(C#N)C(=O)NC1CCCSC1. The van der Waals surface area contributed by atoms with Crippen LogP contribution in [0, 0.1) is 16.7 Å². The van der Waals surface area contributed by atoms with Gasteiger partial charge >= 0.3 is 0 Å². The molecule has 0 aliphatic carbocycles. The summed E-state index contributed by atoms with van der Waals surface area (Å²) in [6.07, 6.45) is 2.77. The van der Waals surface area contributed by atoms with E-state index >= 15 is 0 Å². The van der Waals surface area contributed by atoms with Crippen LogP contribution in [0.2, 0.25) is 0 Å². The highest BCUT2D eigenvalue weighted by Gasteiger charge is 2.32. The van der Waals surface area contributed by atoms with E-state index in [1.165, 1.54) is 5.75 Å². The first-order chi connectivity index (χ1) is 7.12. The number of nitrogens with one attached hydrogen (secondary N) is 1. The molecule has 0 spiro atoms. The first-order valence-electron chi connectivity index (χ1n) is 5.42. The molecule has 1 aliphatic rings. The first-order valence-corrected chi connectivity index (χ1v) is 6.58. The lowest BCUT2D eigenvalue weighted by atomic mass is 9.88. The smallest absolute Gasteiger partial charge is 0.240 e. The molecule has 0 aromatic rings. The fraction of sp³-hybridized carbons (Fsp3) is 0.818. The second-order valence-corrected chi connectivity index (χ2v) is 5.33. The van der Waals surface area contributed by atoms with Crippen LogP contribution in [0.3, 0.4) is 0 Å². The lowest BCUT2D eigenvalue weighted by Crippen LogP contribution is -2.45. The largest absolute Gasteiger partial charge is 0.351 e. The zero-order valence-corrected chi connectivity index (χ0v) is 10.2. The second kappa shape index (κ2) is 5.41. The first kappa shape index (κ1) is 12.4. The standard InChI is InChI=1S/C11H18N2OS/c1-3-11(2,8-12)10(14)13-9-5-4-6-15-7-9/h9H,3-7H2,1-2H3,(H,13,14). The number of hydrogen-bond donors (Lipinski definition) is 1. The Labute approximate surface area is 95.6 Å². The molecule has 0 radical (unpaired) electrons. The van der Waals surface area contributed by atoms with Gasteiger partial charge in [0.2, 0.25) is 5.91 Å². The molecule has 0 aromatic carbocycles. The molecule has 3 nitrogen and oxygen atoms in total. The van der Waals surface area contributed by atoms with Gasteiger partial charge < -0.3 is 5.32 Å². The topological polar surface area (TPSA) is 52.9 Å². The monoisotopic (exact) mass is 226 g/mol. The van der Waals surface area contributed by atoms with Crippen molar-refractivity contribution in [1.82, 2.24) is 5.32 Å². The van der Waals surface area contributed by atoms with E-state index in [4.69, 9.17) is 5.26 Å². The maximum absolute atomic E-state index is 11.9. The number of nitrogens with zero attached hydrogens (tertiary/aromatic N) is 1. The highest BCUT2D eigenvalue weighted by molar-refractivity contribution is 7.99. The molecule has 1 amide bonds. The van der Waals surface area contributed by atoms with Crippen LogP contribution in [0.1, 0.15) is 33.1 Å². The van der Waals surface area contributed by atoms with Crippen LogP contribution >= 0.6 is 11.8 Å². The summed E-state index contributed by atoms with van der Waals surface area (Å²) in [5.74, 6) is 2.06. The van der Waals surface area contributed by atoms with Crippen molar-refractivity contribution < 1.29 is 4.79 Å². The van der Waals surface area contributed by atoms with Gasteiger partial charge in [-0.25, -0.2) is 0 Å². The zero-order chi connectivity index (χ0) is 11.3. The molecule has 15 heavy (non-hydrogen) atoms. The van der Waals surface area contributed by atoms with Crippen LogP contribution in [-0.2, 0) is 4.79 Å². The molecule has 1 saturated heterocycles. The highest BCUT2D eigenvalue weighted by atomic mass is 32.2. The van der Waals surface area contributed by atoms with Crippen LogP contribution in [0.5, 0.6) is 0 Å². The van der Waals surface area contributed by atoms with Gasteiger partial charge in [-0.15, -0.1) is 0 Å². The minimum Gasteiger partial charge on any atom is -0.351 e. The van der Waals surface area contributed by atoms with Gasteiger partial charge in [0.15, 0.2) is 0 Å².